The first-order valence-electron chi connectivity index (χ1n) is 9.75. The van der Waals surface area contributed by atoms with Gasteiger partial charge < -0.3 is 5.32 Å². The molecule has 3 heterocycles. The van der Waals surface area contributed by atoms with Gasteiger partial charge in [-0.1, -0.05) is 36.6 Å². The third-order valence-electron chi connectivity index (χ3n) is 5.12. The number of likely N-dealkylation sites (tertiary alicyclic amines) is 1. The number of hydrogen-bond acceptors (Lipinski definition) is 5. The van der Waals surface area contributed by atoms with Crippen LogP contribution < -0.4 is 5.32 Å². The lowest BCUT2D eigenvalue weighted by Gasteiger charge is -2.30. The number of benzene rings is 1. The number of anilines is 2. The van der Waals surface area contributed by atoms with Crippen LogP contribution in [0.3, 0.4) is 0 Å². The Hall–Kier alpha value is -2.50. The van der Waals surface area contributed by atoms with Gasteiger partial charge in [0, 0.05) is 36.9 Å². The molecule has 144 valence electrons. The Labute approximate surface area is 170 Å². The van der Waals surface area contributed by atoms with Crippen molar-refractivity contribution in [1.82, 2.24) is 19.9 Å². The Morgan fingerprint density at radius 3 is 2.82 bits per heavy atom. The van der Waals surface area contributed by atoms with E-state index in [9.17, 15) is 0 Å². The van der Waals surface area contributed by atoms with Gasteiger partial charge in [0.2, 0.25) is 0 Å². The van der Waals surface area contributed by atoms with Crippen LogP contribution in [0.15, 0.2) is 61.2 Å². The van der Waals surface area contributed by atoms with Crippen molar-refractivity contribution >= 4 is 23.1 Å². The third-order valence-corrected chi connectivity index (χ3v) is 5.35. The van der Waals surface area contributed by atoms with Crippen LogP contribution in [0.2, 0.25) is 5.02 Å². The van der Waals surface area contributed by atoms with Crippen LogP contribution in [0.25, 0.3) is 0 Å². The Kier molecular flexibility index (Phi) is 6.14. The van der Waals surface area contributed by atoms with Gasteiger partial charge in [0.05, 0.1) is 16.9 Å². The van der Waals surface area contributed by atoms with E-state index in [1.54, 1.807) is 24.8 Å². The fourth-order valence-corrected chi connectivity index (χ4v) is 3.89. The normalized spacial score (nSPS) is 17.8. The predicted molar refractivity (Wildman–Crippen MR) is 113 cm³/mol. The number of hydrogen-bond donors (Lipinski definition) is 1. The van der Waals surface area contributed by atoms with E-state index in [0.29, 0.717) is 11.1 Å². The van der Waals surface area contributed by atoms with E-state index in [1.807, 2.05) is 12.1 Å². The quantitative estimate of drug-likeness (QED) is 0.630. The fraction of sp³-hybridized carbons (Fsp3) is 0.318. The highest BCUT2D eigenvalue weighted by Crippen LogP contribution is 2.32. The number of halogens is 1. The number of nitrogens with one attached hydrogen (secondary N) is 1. The van der Waals surface area contributed by atoms with E-state index in [2.05, 4.69) is 49.4 Å². The van der Waals surface area contributed by atoms with Crippen molar-refractivity contribution in [3.05, 3.63) is 77.5 Å². The van der Waals surface area contributed by atoms with E-state index >= 15 is 0 Å². The van der Waals surface area contributed by atoms with Crippen molar-refractivity contribution in [1.29, 1.82) is 0 Å². The summed E-state index contributed by atoms with van der Waals surface area (Å²) in [5.41, 5.74) is 3.42. The van der Waals surface area contributed by atoms with Crippen LogP contribution in [0.5, 0.6) is 0 Å². The van der Waals surface area contributed by atoms with Crippen LogP contribution in [0, 0.1) is 0 Å². The van der Waals surface area contributed by atoms with Crippen LogP contribution in [-0.4, -0.2) is 26.4 Å². The second-order valence-electron chi connectivity index (χ2n) is 7.14. The highest BCUT2D eigenvalue weighted by molar-refractivity contribution is 6.30. The molecule has 0 amide bonds. The van der Waals surface area contributed by atoms with E-state index in [1.165, 1.54) is 24.8 Å². The van der Waals surface area contributed by atoms with E-state index in [0.717, 1.165) is 36.7 Å². The molecule has 0 bridgehead atoms. The molecule has 0 radical (unpaired) electrons. The van der Waals surface area contributed by atoms with Crippen molar-refractivity contribution in [2.45, 2.75) is 38.3 Å². The largest absolute Gasteiger partial charge is 0.339 e. The Bertz CT molecular complexity index is 885. The second-order valence-corrected chi connectivity index (χ2v) is 7.58. The molecule has 1 aromatic carbocycles. The molecule has 1 atom stereocenters. The first-order chi connectivity index (χ1) is 13.8. The summed E-state index contributed by atoms with van der Waals surface area (Å²) < 4.78 is 0. The van der Waals surface area contributed by atoms with E-state index in [4.69, 9.17) is 11.6 Å². The van der Waals surface area contributed by atoms with E-state index in [-0.39, 0.29) is 0 Å². The summed E-state index contributed by atoms with van der Waals surface area (Å²) in [5.74, 6) is 0.753. The molecule has 28 heavy (non-hydrogen) atoms. The van der Waals surface area contributed by atoms with Crippen molar-refractivity contribution < 1.29 is 0 Å². The molecule has 6 heteroatoms. The number of aromatic nitrogens is 3. The smallest absolute Gasteiger partial charge is 0.148 e. The summed E-state index contributed by atoms with van der Waals surface area (Å²) in [6, 6.07) is 13.0. The zero-order chi connectivity index (χ0) is 19.2. The lowest BCUT2D eigenvalue weighted by molar-refractivity contribution is 0.190. The average Bonchev–Trinajstić information content (AvgIpc) is 2.96. The molecule has 0 aliphatic carbocycles. The van der Waals surface area contributed by atoms with Gasteiger partial charge in [-0.15, -0.1) is 0 Å². The minimum absolute atomic E-state index is 0.378. The minimum Gasteiger partial charge on any atom is -0.339 e. The average molecular weight is 394 g/mol. The van der Waals surface area contributed by atoms with Crippen LogP contribution in [0.4, 0.5) is 11.5 Å². The van der Waals surface area contributed by atoms with Gasteiger partial charge in [0.1, 0.15) is 5.82 Å². The highest BCUT2D eigenvalue weighted by Gasteiger charge is 2.23. The summed E-state index contributed by atoms with van der Waals surface area (Å²) in [4.78, 5) is 15.5. The van der Waals surface area contributed by atoms with Crippen molar-refractivity contribution in [3.8, 4) is 0 Å². The molecule has 1 N–H and O–H groups in total. The monoisotopic (exact) mass is 393 g/mol. The molecule has 3 aromatic rings. The van der Waals surface area contributed by atoms with Crippen molar-refractivity contribution in [2.24, 2.45) is 0 Å². The standard InChI is InChI=1S/C22H24ClN5/c23-18-8-9-20(26-14-18)16-28-12-3-1-2-7-21(28)17-5-4-6-19(13-17)27-22-15-24-10-11-25-22/h4-6,8-11,13-15,21H,1-3,7,12,16H2,(H,25,27). The Morgan fingerprint density at radius 2 is 2.00 bits per heavy atom. The summed E-state index contributed by atoms with van der Waals surface area (Å²) >= 11 is 6.00. The van der Waals surface area contributed by atoms with Gasteiger partial charge in [-0.2, -0.15) is 0 Å². The number of nitrogens with zero attached hydrogens (tertiary/aromatic N) is 4. The molecule has 1 saturated heterocycles. The van der Waals surface area contributed by atoms with Gasteiger partial charge in [-0.3, -0.25) is 14.9 Å². The van der Waals surface area contributed by atoms with Crippen LogP contribution in [-0.2, 0) is 6.54 Å². The maximum absolute atomic E-state index is 6.00. The lowest BCUT2D eigenvalue weighted by Crippen LogP contribution is -2.28. The van der Waals surface area contributed by atoms with Gasteiger partial charge in [-0.25, -0.2) is 4.98 Å². The summed E-state index contributed by atoms with van der Waals surface area (Å²) in [5, 5.41) is 4.03. The SMILES string of the molecule is Clc1ccc(CN2CCCCCC2c2cccc(Nc3cnccn3)c2)nc1. The maximum atomic E-state index is 6.00. The molecule has 5 nitrogen and oxygen atoms in total. The minimum atomic E-state index is 0.378. The van der Waals surface area contributed by atoms with Crippen molar-refractivity contribution in [3.63, 3.8) is 0 Å². The Balaban J connectivity index is 1.55. The second kappa shape index (κ2) is 9.13. The zero-order valence-electron chi connectivity index (χ0n) is 15.8. The number of rotatable bonds is 5. The van der Waals surface area contributed by atoms with Gasteiger partial charge in [0.25, 0.3) is 0 Å². The number of pyridine rings is 1. The van der Waals surface area contributed by atoms with Gasteiger partial charge in [-0.05, 0) is 49.2 Å². The molecule has 2 aromatic heterocycles. The molecular formula is C22H24ClN5. The summed E-state index contributed by atoms with van der Waals surface area (Å²) in [6.45, 7) is 1.92. The van der Waals surface area contributed by atoms with Crippen LogP contribution in [0.1, 0.15) is 43.0 Å². The predicted octanol–water partition coefficient (Wildman–Crippen LogP) is 5.39. The molecule has 1 aliphatic rings. The molecule has 1 fully saturated rings. The van der Waals surface area contributed by atoms with Gasteiger partial charge in [0.15, 0.2) is 0 Å². The molecule has 0 saturated carbocycles. The molecule has 1 unspecified atom stereocenters. The Morgan fingerprint density at radius 1 is 1.04 bits per heavy atom. The first kappa shape index (κ1) is 18.8. The molecular weight excluding hydrogens is 370 g/mol. The van der Waals surface area contributed by atoms with Crippen molar-refractivity contribution in [2.75, 3.05) is 11.9 Å². The highest BCUT2D eigenvalue weighted by atomic mass is 35.5. The fourth-order valence-electron chi connectivity index (χ4n) is 3.78. The van der Waals surface area contributed by atoms with Crippen LogP contribution >= 0.6 is 11.6 Å². The zero-order valence-corrected chi connectivity index (χ0v) is 16.5. The van der Waals surface area contributed by atoms with Gasteiger partial charge >= 0.3 is 0 Å². The lowest BCUT2D eigenvalue weighted by atomic mass is 10.00. The third kappa shape index (κ3) is 4.86. The topological polar surface area (TPSA) is 53.9 Å². The first-order valence-corrected chi connectivity index (χ1v) is 10.1. The molecule has 0 spiro atoms. The summed E-state index contributed by atoms with van der Waals surface area (Å²) in [7, 11) is 0. The molecule has 4 rings (SSSR count). The molecule has 1 aliphatic heterocycles. The van der Waals surface area contributed by atoms with E-state index < -0.39 is 0 Å². The maximum Gasteiger partial charge on any atom is 0.148 e. The summed E-state index contributed by atoms with van der Waals surface area (Å²) in [6.07, 6.45) is 11.7.